The molecule has 0 radical (unpaired) electrons. The van der Waals surface area contributed by atoms with Crippen molar-refractivity contribution in [2.75, 3.05) is 13.1 Å². The van der Waals surface area contributed by atoms with Gasteiger partial charge in [-0.2, -0.15) is 4.31 Å². The fourth-order valence-corrected chi connectivity index (χ4v) is 4.66. The number of nitrogens with zero attached hydrogens (tertiary/aromatic N) is 1. The monoisotopic (exact) mass is 381 g/mol. The van der Waals surface area contributed by atoms with Crippen LogP contribution in [0, 0.1) is 6.92 Å². The highest BCUT2D eigenvalue weighted by atomic mass is 32.2. The van der Waals surface area contributed by atoms with E-state index in [0.717, 1.165) is 18.4 Å². The molecule has 4 heteroatoms. The van der Waals surface area contributed by atoms with Gasteiger partial charge < -0.3 is 0 Å². The molecule has 0 N–H and O–H groups in total. The molecule has 1 saturated carbocycles. The first kappa shape index (κ1) is 19.6. The molecular weight excluding hydrogens is 354 g/mol. The van der Waals surface area contributed by atoms with Crippen LogP contribution in [0.5, 0.6) is 0 Å². The van der Waals surface area contributed by atoms with E-state index in [1.807, 2.05) is 31.2 Å². The summed E-state index contributed by atoms with van der Waals surface area (Å²) in [6.07, 6.45) is 8.81. The molecule has 0 atom stereocenters. The molecule has 0 unspecified atom stereocenters. The molecule has 0 bridgehead atoms. The molecule has 0 saturated heterocycles. The van der Waals surface area contributed by atoms with Crippen molar-refractivity contribution in [3.8, 4) is 0 Å². The average Bonchev–Trinajstić information content (AvgIpc) is 3.46. The van der Waals surface area contributed by atoms with Gasteiger partial charge >= 0.3 is 0 Å². The van der Waals surface area contributed by atoms with E-state index in [2.05, 4.69) is 36.9 Å². The van der Waals surface area contributed by atoms with Crippen LogP contribution in [0.15, 0.2) is 84.3 Å². The molecule has 1 aliphatic carbocycles. The third-order valence-electron chi connectivity index (χ3n) is 5.12. The Morgan fingerprint density at radius 3 is 2.33 bits per heavy atom. The standard InChI is InChI=1S/C23H27NO2S/c1-3-4-18-24(27(25,26)22-13-11-20(2)12-14-22)19-8-15-23(16-17-23)21-9-6-5-7-10-21/h3,5-15H,1,4,16-19H2,2H3/b15-8+. The Balaban J connectivity index is 1.77. The average molecular weight is 382 g/mol. The minimum atomic E-state index is -3.52. The van der Waals surface area contributed by atoms with Crippen LogP contribution >= 0.6 is 0 Å². The van der Waals surface area contributed by atoms with Crippen LogP contribution in [0.2, 0.25) is 0 Å². The minimum Gasteiger partial charge on any atom is -0.207 e. The molecule has 0 spiro atoms. The fraction of sp³-hybridized carbons (Fsp3) is 0.304. The normalized spacial score (nSPS) is 15.9. The number of aryl methyl sites for hydroxylation is 1. The zero-order valence-electron chi connectivity index (χ0n) is 15.8. The Morgan fingerprint density at radius 1 is 1.07 bits per heavy atom. The van der Waals surface area contributed by atoms with Crippen LogP contribution in [0.3, 0.4) is 0 Å². The Bertz CT molecular complexity index is 895. The van der Waals surface area contributed by atoms with Gasteiger partial charge in [-0.25, -0.2) is 8.42 Å². The summed E-state index contributed by atoms with van der Waals surface area (Å²) in [4.78, 5) is 0.342. The van der Waals surface area contributed by atoms with E-state index in [0.29, 0.717) is 24.4 Å². The highest BCUT2D eigenvalue weighted by Crippen LogP contribution is 2.49. The van der Waals surface area contributed by atoms with Gasteiger partial charge in [0, 0.05) is 18.5 Å². The lowest BCUT2D eigenvalue weighted by molar-refractivity contribution is 0.447. The molecule has 0 aliphatic heterocycles. The first-order valence-corrected chi connectivity index (χ1v) is 10.8. The molecule has 2 aromatic rings. The second-order valence-electron chi connectivity index (χ2n) is 7.18. The van der Waals surface area contributed by atoms with Crippen LogP contribution < -0.4 is 0 Å². The summed E-state index contributed by atoms with van der Waals surface area (Å²) in [6, 6.07) is 17.5. The summed E-state index contributed by atoms with van der Waals surface area (Å²) in [5, 5.41) is 0. The van der Waals surface area contributed by atoms with Crippen LogP contribution in [-0.2, 0) is 15.4 Å². The van der Waals surface area contributed by atoms with Crippen molar-refractivity contribution in [3.63, 3.8) is 0 Å². The van der Waals surface area contributed by atoms with Gasteiger partial charge in [-0.05, 0) is 43.9 Å². The topological polar surface area (TPSA) is 37.4 Å². The lowest BCUT2D eigenvalue weighted by Gasteiger charge is -2.21. The third-order valence-corrected chi connectivity index (χ3v) is 7.00. The van der Waals surface area contributed by atoms with Gasteiger partial charge in [0.2, 0.25) is 10.0 Å². The minimum absolute atomic E-state index is 0.0823. The molecular formula is C23H27NO2S. The highest BCUT2D eigenvalue weighted by molar-refractivity contribution is 7.89. The van der Waals surface area contributed by atoms with E-state index in [1.165, 1.54) is 9.87 Å². The third kappa shape index (κ3) is 4.57. The summed E-state index contributed by atoms with van der Waals surface area (Å²) in [5.74, 6) is 0. The van der Waals surface area contributed by atoms with Gasteiger partial charge in [0.25, 0.3) is 0 Å². The highest BCUT2D eigenvalue weighted by Gasteiger charge is 2.41. The van der Waals surface area contributed by atoms with Gasteiger partial charge in [-0.15, -0.1) is 6.58 Å². The fourth-order valence-electron chi connectivity index (χ4n) is 3.26. The molecule has 3 rings (SSSR count). The maximum Gasteiger partial charge on any atom is 0.243 e. The summed E-state index contributed by atoms with van der Waals surface area (Å²) < 4.78 is 27.6. The van der Waals surface area contributed by atoms with Crippen LogP contribution in [0.1, 0.15) is 30.4 Å². The van der Waals surface area contributed by atoms with E-state index in [-0.39, 0.29) is 5.41 Å². The number of allylic oxidation sites excluding steroid dienone is 1. The Hall–Kier alpha value is -2.17. The predicted molar refractivity (Wildman–Crippen MR) is 111 cm³/mol. The summed E-state index contributed by atoms with van der Waals surface area (Å²) >= 11 is 0. The molecule has 1 fully saturated rings. The Kier molecular flexibility index (Phi) is 5.98. The second kappa shape index (κ2) is 8.24. The predicted octanol–water partition coefficient (Wildman–Crippen LogP) is 4.85. The molecule has 3 nitrogen and oxygen atoms in total. The van der Waals surface area contributed by atoms with Crippen molar-refractivity contribution in [1.29, 1.82) is 0 Å². The zero-order chi connectivity index (χ0) is 19.3. The Morgan fingerprint density at radius 2 is 1.74 bits per heavy atom. The molecule has 27 heavy (non-hydrogen) atoms. The van der Waals surface area contributed by atoms with Gasteiger partial charge in [-0.3, -0.25) is 0 Å². The molecule has 1 aliphatic rings. The second-order valence-corrected chi connectivity index (χ2v) is 9.12. The van der Waals surface area contributed by atoms with E-state index in [1.54, 1.807) is 18.2 Å². The van der Waals surface area contributed by atoms with E-state index < -0.39 is 10.0 Å². The van der Waals surface area contributed by atoms with Crippen LogP contribution in [0.25, 0.3) is 0 Å². The lowest BCUT2D eigenvalue weighted by atomic mass is 9.95. The van der Waals surface area contributed by atoms with Crippen molar-refractivity contribution in [3.05, 3.63) is 90.5 Å². The van der Waals surface area contributed by atoms with Crippen molar-refractivity contribution in [2.45, 2.75) is 36.5 Å². The van der Waals surface area contributed by atoms with Gasteiger partial charge in [0.05, 0.1) is 4.90 Å². The number of benzene rings is 2. The SMILES string of the molecule is C=CCCN(C/C=C/C1(c2ccccc2)CC1)S(=O)(=O)c1ccc(C)cc1. The van der Waals surface area contributed by atoms with Crippen LogP contribution in [0.4, 0.5) is 0 Å². The van der Waals surface area contributed by atoms with Crippen LogP contribution in [-0.4, -0.2) is 25.8 Å². The first-order chi connectivity index (χ1) is 13.0. The molecule has 0 aromatic heterocycles. The molecule has 2 aromatic carbocycles. The molecule has 142 valence electrons. The summed E-state index contributed by atoms with van der Waals surface area (Å²) in [5.41, 5.74) is 2.43. The van der Waals surface area contributed by atoms with E-state index in [9.17, 15) is 8.42 Å². The maximum absolute atomic E-state index is 13.0. The van der Waals surface area contributed by atoms with Gasteiger partial charge in [0.15, 0.2) is 0 Å². The van der Waals surface area contributed by atoms with Crippen molar-refractivity contribution >= 4 is 10.0 Å². The van der Waals surface area contributed by atoms with Gasteiger partial charge in [-0.1, -0.05) is 66.3 Å². The largest absolute Gasteiger partial charge is 0.243 e. The number of hydrogen-bond donors (Lipinski definition) is 0. The van der Waals surface area contributed by atoms with E-state index >= 15 is 0 Å². The summed E-state index contributed by atoms with van der Waals surface area (Å²) in [6.45, 7) is 6.49. The van der Waals surface area contributed by atoms with Crippen molar-refractivity contribution < 1.29 is 8.42 Å². The van der Waals surface area contributed by atoms with Crippen molar-refractivity contribution in [1.82, 2.24) is 4.31 Å². The summed E-state index contributed by atoms with van der Waals surface area (Å²) in [7, 11) is -3.52. The quantitative estimate of drug-likeness (QED) is 0.582. The van der Waals surface area contributed by atoms with Gasteiger partial charge in [0.1, 0.15) is 0 Å². The first-order valence-electron chi connectivity index (χ1n) is 9.39. The number of hydrogen-bond acceptors (Lipinski definition) is 2. The number of sulfonamides is 1. The maximum atomic E-state index is 13.0. The Labute approximate surface area is 163 Å². The molecule has 0 amide bonds. The number of rotatable bonds is 9. The van der Waals surface area contributed by atoms with E-state index in [4.69, 9.17) is 0 Å². The smallest absolute Gasteiger partial charge is 0.207 e. The zero-order valence-corrected chi connectivity index (χ0v) is 16.7. The lowest BCUT2D eigenvalue weighted by Crippen LogP contribution is -2.32. The van der Waals surface area contributed by atoms with Crippen molar-refractivity contribution in [2.24, 2.45) is 0 Å². The molecule has 0 heterocycles.